The molecule has 0 aliphatic rings. The highest BCUT2D eigenvalue weighted by Crippen LogP contribution is 2.24. The maximum Gasteiger partial charge on any atom is 0.229 e. The average molecular weight is 263 g/mol. The van der Waals surface area contributed by atoms with Crippen molar-refractivity contribution in [2.24, 2.45) is 5.41 Å². The van der Waals surface area contributed by atoms with Crippen molar-refractivity contribution in [2.45, 2.75) is 60.8 Å². The van der Waals surface area contributed by atoms with Crippen LogP contribution in [0.3, 0.4) is 0 Å². The zero-order valence-corrected chi connectivity index (χ0v) is 13.7. The average Bonchev–Trinajstić information content (AvgIpc) is 2.30. The van der Waals surface area contributed by atoms with Gasteiger partial charge in [0.1, 0.15) is 0 Å². The summed E-state index contributed by atoms with van der Waals surface area (Å²) < 4.78 is 0. The first-order valence-electron chi connectivity index (χ1n) is 7.03. The van der Waals surface area contributed by atoms with Crippen molar-refractivity contribution < 1.29 is 4.79 Å². The van der Waals surface area contributed by atoms with Gasteiger partial charge in [-0.1, -0.05) is 67.5 Å². The van der Waals surface area contributed by atoms with E-state index >= 15 is 0 Å². The van der Waals surface area contributed by atoms with Crippen LogP contribution >= 0.6 is 0 Å². The molecule has 0 aliphatic heterocycles. The van der Waals surface area contributed by atoms with Gasteiger partial charge in [0.2, 0.25) is 5.91 Å². The van der Waals surface area contributed by atoms with Gasteiger partial charge < -0.3 is 5.32 Å². The molecule has 19 heavy (non-hydrogen) atoms. The van der Waals surface area contributed by atoms with E-state index < -0.39 is 0 Å². The van der Waals surface area contributed by atoms with E-state index in [0.717, 1.165) is 5.69 Å². The molecular formula is C17H29NO. The lowest BCUT2D eigenvalue weighted by molar-refractivity contribution is -0.123. The number of anilines is 1. The van der Waals surface area contributed by atoms with Crippen LogP contribution in [0.5, 0.6) is 0 Å². The van der Waals surface area contributed by atoms with E-state index in [4.69, 9.17) is 0 Å². The molecule has 108 valence electrons. The Kier molecular flexibility index (Phi) is 6.28. The molecule has 0 aliphatic carbocycles. The Hall–Kier alpha value is -1.31. The van der Waals surface area contributed by atoms with Gasteiger partial charge in [0.25, 0.3) is 0 Å². The van der Waals surface area contributed by atoms with E-state index in [-0.39, 0.29) is 16.7 Å². The van der Waals surface area contributed by atoms with E-state index in [2.05, 4.69) is 38.2 Å². The summed E-state index contributed by atoms with van der Waals surface area (Å²) in [5.74, 6) is 0.0426. The first-order valence-corrected chi connectivity index (χ1v) is 7.03. The summed E-state index contributed by atoms with van der Waals surface area (Å²) in [5, 5.41) is 2.92. The predicted molar refractivity (Wildman–Crippen MR) is 84.6 cm³/mol. The zero-order chi connectivity index (χ0) is 15.3. The highest BCUT2D eigenvalue weighted by atomic mass is 16.2. The van der Waals surface area contributed by atoms with Crippen molar-refractivity contribution in [2.75, 3.05) is 5.32 Å². The Balaban J connectivity index is 0.00000154. The van der Waals surface area contributed by atoms with Gasteiger partial charge in [-0.3, -0.25) is 4.79 Å². The fourth-order valence-electron chi connectivity index (χ4n) is 1.37. The van der Waals surface area contributed by atoms with Crippen LogP contribution in [0.1, 0.15) is 61.0 Å². The van der Waals surface area contributed by atoms with E-state index in [1.165, 1.54) is 5.56 Å². The molecule has 0 fully saturated rings. The van der Waals surface area contributed by atoms with E-state index in [1.807, 2.05) is 46.8 Å². The molecule has 1 amide bonds. The summed E-state index contributed by atoms with van der Waals surface area (Å²) in [7, 11) is 0. The third kappa shape index (κ3) is 5.91. The summed E-state index contributed by atoms with van der Waals surface area (Å²) in [6.07, 6.45) is 0. The summed E-state index contributed by atoms with van der Waals surface area (Å²) in [5.41, 5.74) is 1.92. The van der Waals surface area contributed by atoms with Gasteiger partial charge in [-0.05, 0) is 23.1 Å². The molecular weight excluding hydrogens is 234 g/mol. The maximum atomic E-state index is 11.8. The number of amides is 1. The van der Waals surface area contributed by atoms with Gasteiger partial charge in [-0.2, -0.15) is 0 Å². The van der Waals surface area contributed by atoms with Crippen molar-refractivity contribution in [1.29, 1.82) is 0 Å². The molecule has 1 rings (SSSR count). The van der Waals surface area contributed by atoms with E-state index in [9.17, 15) is 4.79 Å². The second-order valence-electron chi connectivity index (χ2n) is 6.53. The van der Waals surface area contributed by atoms with Crippen molar-refractivity contribution in [3.05, 3.63) is 29.8 Å². The number of benzene rings is 1. The predicted octanol–water partition coefficient (Wildman–Crippen LogP) is 4.99. The molecule has 2 heteroatoms. The minimum Gasteiger partial charge on any atom is -0.326 e. The van der Waals surface area contributed by atoms with Gasteiger partial charge >= 0.3 is 0 Å². The van der Waals surface area contributed by atoms with Crippen LogP contribution in [-0.4, -0.2) is 5.91 Å². The molecule has 0 heterocycles. The first kappa shape index (κ1) is 17.7. The van der Waals surface area contributed by atoms with E-state index in [0.29, 0.717) is 0 Å². The quantitative estimate of drug-likeness (QED) is 0.759. The Bertz CT molecular complexity index is 391. The molecule has 0 bridgehead atoms. The van der Waals surface area contributed by atoms with Crippen molar-refractivity contribution >= 4 is 11.6 Å². The van der Waals surface area contributed by atoms with Crippen LogP contribution in [0.15, 0.2) is 24.3 Å². The van der Waals surface area contributed by atoms with Crippen molar-refractivity contribution in [1.82, 2.24) is 0 Å². The monoisotopic (exact) mass is 263 g/mol. The number of hydrogen-bond acceptors (Lipinski definition) is 1. The zero-order valence-electron chi connectivity index (χ0n) is 13.7. The fraction of sp³-hybridized carbons (Fsp3) is 0.588. The Labute approximate surface area is 118 Å². The number of nitrogens with one attached hydrogen (secondary N) is 1. The molecule has 0 unspecified atom stereocenters. The molecule has 0 spiro atoms. The van der Waals surface area contributed by atoms with Gasteiger partial charge in [0.05, 0.1) is 0 Å². The maximum absolute atomic E-state index is 11.8. The third-order valence-electron chi connectivity index (χ3n) is 2.69. The molecule has 0 atom stereocenters. The summed E-state index contributed by atoms with van der Waals surface area (Å²) in [6, 6.07) is 8.06. The smallest absolute Gasteiger partial charge is 0.229 e. The summed E-state index contributed by atoms with van der Waals surface area (Å²) in [4.78, 5) is 11.8. The van der Waals surface area contributed by atoms with Crippen LogP contribution in [-0.2, 0) is 10.2 Å². The van der Waals surface area contributed by atoms with E-state index in [1.54, 1.807) is 0 Å². The van der Waals surface area contributed by atoms with Gasteiger partial charge in [0, 0.05) is 11.1 Å². The van der Waals surface area contributed by atoms with Gasteiger partial charge in [0.15, 0.2) is 0 Å². The highest BCUT2D eigenvalue weighted by Gasteiger charge is 2.21. The Morgan fingerprint density at radius 3 is 1.63 bits per heavy atom. The highest BCUT2D eigenvalue weighted by molar-refractivity contribution is 5.94. The normalized spacial score (nSPS) is 11.4. The molecule has 1 aromatic carbocycles. The molecule has 0 saturated heterocycles. The fourth-order valence-corrected chi connectivity index (χ4v) is 1.37. The molecule has 0 saturated carbocycles. The van der Waals surface area contributed by atoms with Crippen LogP contribution in [0.25, 0.3) is 0 Å². The van der Waals surface area contributed by atoms with Crippen LogP contribution in [0.2, 0.25) is 0 Å². The third-order valence-corrected chi connectivity index (χ3v) is 2.69. The summed E-state index contributed by atoms with van der Waals surface area (Å²) >= 11 is 0. The second-order valence-corrected chi connectivity index (χ2v) is 6.53. The number of carbonyl (C=O) groups is 1. The standard InChI is InChI=1S/C15H23NO.C2H6/c1-14(2,3)11-7-9-12(10-8-11)16-13(17)15(4,5)6;1-2/h7-10H,1-6H3,(H,16,17);1-2H3. The molecule has 0 aromatic heterocycles. The topological polar surface area (TPSA) is 29.1 Å². The number of rotatable bonds is 1. The lowest BCUT2D eigenvalue weighted by Crippen LogP contribution is -2.27. The van der Waals surface area contributed by atoms with Crippen molar-refractivity contribution in [3.63, 3.8) is 0 Å². The summed E-state index contributed by atoms with van der Waals surface area (Å²) in [6.45, 7) is 16.3. The van der Waals surface area contributed by atoms with Crippen LogP contribution in [0, 0.1) is 5.41 Å². The Morgan fingerprint density at radius 2 is 1.32 bits per heavy atom. The second kappa shape index (κ2) is 6.74. The minimum absolute atomic E-state index is 0.0426. The van der Waals surface area contributed by atoms with Gasteiger partial charge in [-0.25, -0.2) is 0 Å². The lowest BCUT2D eigenvalue weighted by atomic mass is 9.87. The minimum atomic E-state index is -0.358. The van der Waals surface area contributed by atoms with Crippen molar-refractivity contribution in [3.8, 4) is 0 Å². The molecule has 0 radical (unpaired) electrons. The Morgan fingerprint density at radius 1 is 0.895 bits per heavy atom. The molecule has 1 aromatic rings. The first-order chi connectivity index (χ1) is 8.60. The molecule has 1 N–H and O–H groups in total. The molecule has 2 nitrogen and oxygen atoms in total. The lowest BCUT2D eigenvalue weighted by Gasteiger charge is -2.20. The van der Waals surface area contributed by atoms with Gasteiger partial charge in [-0.15, -0.1) is 0 Å². The largest absolute Gasteiger partial charge is 0.326 e. The number of carbonyl (C=O) groups excluding carboxylic acids is 1. The van der Waals surface area contributed by atoms with Crippen LogP contribution < -0.4 is 5.32 Å². The SMILES string of the molecule is CC.CC(C)(C)C(=O)Nc1ccc(C(C)(C)C)cc1. The van der Waals surface area contributed by atoms with Crippen LogP contribution in [0.4, 0.5) is 5.69 Å². The number of hydrogen-bond donors (Lipinski definition) is 1.